The summed E-state index contributed by atoms with van der Waals surface area (Å²) in [6.07, 6.45) is 3.93. The maximum atomic E-state index is 14.3. The lowest BCUT2D eigenvalue weighted by atomic mass is 10.0. The van der Waals surface area contributed by atoms with Gasteiger partial charge in [0.25, 0.3) is 0 Å². The van der Waals surface area contributed by atoms with E-state index in [0.717, 1.165) is 51.2 Å². The number of guanidine groups is 1. The monoisotopic (exact) mass is 574 g/mol. The van der Waals surface area contributed by atoms with Crippen LogP contribution < -0.4 is 16.8 Å². The number of carbonyl (C=O) groups excluding carboxylic acids is 2. The number of aromatic amines is 1. The van der Waals surface area contributed by atoms with Crippen LogP contribution in [0, 0.1) is 0 Å². The van der Waals surface area contributed by atoms with Gasteiger partial charge >= 0.3 is 0 Å². The van der Waals surface area contributed by atoms with Gasteiger partial charge < -0.3 is 26.7 Å². The van der Waals surface area contributed by atoms with E-state index in [4.69, 9.17) is 11.5 Å². The van der Waals surface area contributed by atoms with E-state index in [1.54, 1.807) is 0 Å². The molecule has 1 aromatic heterocycles. The first kappa shape index (κ1) is 29.4. The van der Waals surface area contributed by atoms with E-state index in [-0.39, 0.29) is 24.2 Å². The Labute approximate surface area is 251 Å². The van der Waals surface area contributed by atoms with Gasteiger partial charge in [0.1, 0.15) is 6.04 Å². The molecule has 0 saturated carbocycles. The molecule has 0 spiro atoms. The lowest BCUT2D eigenvalue weighted by Gasteiger charge is -2.28. The van der Waals surface area contributed by atoms with Gasteiger partial charge in [0.05, 0.1) is 6.42 Å². The zero-order valence-electron chi connectivity index (χ0n) is 24.2. The summed E-state index contributed by atoms with van der Waals surface area (Å²) < 4.78 is 0. The molecule has 0 saturated heterocycles. The fourth-order valence-corrected chi connectivity index (χ4v) is 5.41. The Morgan fingerprint density at radius 3 is 2.40 bits per heavy atom. The first-order chi connectivity index (χ1) is 21.0. The first-order valence-corrected chi connectivity index (χ1v) is 14.7. The van der Waals surface area contributed by atoms with Crippen LogP contribution in [0.4, 0.5) is 0 Å². The number of aromatic nitrogens is 1. The average molecular weight is 575 g/mol. The Bertz CT molecular complexity index is 1710. The van der Waals surface area contributed by atoms with Crippen LogP contribution in [0.5, 0.6) is 0 Å². The fourth-order valence-electron chi connectivity index (χ4n) is 5.41. The van der Waals surface area contributed by atoms with Gasteiger partial charge in [-0.1, -0.05) is 91.0 Å². The number of H-pyrrole nitrogens is 1. The Kier molecular flexibility index (Phi) is 9.69. The van der Waals surface area contributed by atoms with Gasteiger partial charge in [-0.25, -0.2) is 0 Å². The highest BCUT2D eigenvalue weighted by Crippen LogP contribution is 2.21. The molecular weight excluding hydrogens is 536 g/mol. The molecule has 0 fully saturated rings. The molecule has 0 bridgehead atoms. The van der Waals surface area contributed by atoms with Crippen molar-refractivity contribution in [3.05, 3.63) is 120 Å². The number of nitrogens with one attached hydrogen (secondary N) is 2. The van der Waals surface area contributed by atoms with Gasteiger partial charge in [0.15, 0.2) is 5.96 Å². The quantitative estimate of drug-likeness (QED) is 0.0925. The second-order valence-electron chi connectivity index (χ2n) is 10.8. The van der Waals surface area contributed by atoms with Crippen LogP contribution in [0.1, 0.15) is 29.5 Å². The molecule has 43 heavy (non-hydrogen) atoms. The van der Waals surface area contributed by atoms with Gasteiger partial charge in [-0.15, -0.1) is 0 Å². The second-order valence-corrected chi connectivity index (χ2v) is 10.8. The summed E-state index contributed by atoms with van der Waals surface area (Å²) in [6, 6.07) is 31.2. The molecule has 2 amide bonds. The zero-order chi connectivity index (χ0) is 30.0. The summed E-state index contributed by atoms with van der Waals surface area (Å²) in [4.78, 5) is 37.0. The number of hydrogen-bond donors (Lipinski definition) is 4. The highest BCUT2D eigenvalue weighted by Gasteiger charge is 2.27. The smallest absolute Gasteiger partial charge is 0.245 e. The highest BCUT2D eigenvalue weighted by molar-refractivity contribution is 5.91. The van der Waals surface area contributed by atoms with Crippen molar-refractivity contribution in [1.29, 1.82) is 0 Å². The molecule has 0 radical (unpaired) electrons. The van der Waals surface area contributed by atoms with Crippen molar-refractivity contribution >= 4 is 39.4 Å². The molecule has 5 aromatic rings. The average Bonchev–Trinajstić information content (AvgIpc) is 3.42. The molecule has 8 nitrogen and oxygen atoms in total. The minimum Gasteiger partial charge on any atom is -0.370 e. The number of benzene rings is 4. The van der Waals surface area contributed by atoms with Crippen LogP contribution in [-0.4, -0.2) is 46.8 Å². The van der Waals surface area contributed by atoms with Crippen LogP contribution in [0.25, 0.3) is 21.7 Å². The van der Waals surface area contributed by atoms with Gasteiger partial charge in [0.2, 0.25) is 11.8 Å². The van der Waals surface area contributed by atoms with Gasteiger partial charge in [0, 0.05) is 43.2 Å². The van der Waals surface area contributed by atoms with Crippen LogP contribution in [-0.2, 0) is 29.0 Å². The Balaban J connectivity index is 1.38. The number of unbranched alkanes of at least 4 members (excludes halogenated alkanes) is 1. The van der Waals surface area contributed by atoms with Crippen molar-refractivity contribution in [2.75, 3.05) is 13.1 Å². The van der Waals surface area contributed by atoms with E-state index in [1.165, 1.54) is 0 Å². The molecule has 0 aliphatic rings. The van der Waals surface area contributed by atoms with Crippen molar-refractivity contribution < 1.29 is 9.59 Å². The SMILES string of the molecule is NC(N)=NCCCCN(Cc1ccccc1)C(=O)C(Cc1c[nH]c2ccccc12)NC(=O)Cc1ccc2ccccc2c1. The predicted octanol–water partition coefficient (Wildman–Crippen LogP) is 4.67. The van der Waals surface area contributed by atoms with Crippen molar-refractivity contribution in [1.82, 2.24) is 15.2 Å². The largest absolute Gasteiger partial charge is 0.370 e. The molecule has 1 atom stereocenters. The zero-order valence-corrected chi connectivity index (χ0v) is 24.2. The molecule has 6 N–H and O–H groups in total. The Morgan fingerprint density at radius 2 is 1.58 bits per heavy atom. The molecule has 1 unspecified atom stereocenters. The number of hydrogen-bond acceptors (Lipinski definition) is 3. The van der Waals surface area contributed by atoms with E-state index in [0.29, 0.717) is 26.1 Å². The third kappa shape index (κ3) is 8.01. The molecule has 0 aliphatic heterocycles. The number of aliphatic imine (C=N–C) groups is 1. The maximum Gasteiger partial charge on any atom is 0.245 e. The summed E-state index contributed by atoms with van der Waals surface area (Å²) >= 11 is 0. The highest BCUT2D eigenvalue weighted by atomic mass is 16.2. The normalized spacial score (nSPS) is 11.7. The maximum absolute atomic E-state index is 14.3. The Hall–Kier alpha value is -5.11. The number of para-hydroxylation sites is 1. The van der Waals surface area contributed by atoms with E-state index in [9.17, 15) is 9.59 Å². The molecule has 8 heteroatoms. The number of fused-ring (bicyclic) bond motifs is 2. The summed E-state index contributed by atoms with van der Waals surface area (Å²) in [5.41, 5.74) is 14.8. The van der Waals surface area contributed by atoms with Crippen LogP contribution >= 0.6 is 0 Å². The minimum atomic E-state index is -0.742. The van der Waals surface area contributed by atoms with Crippen LogP contribution in [0.15, 0.2) is 108 Å². The number of amides is 2. The molecule has 4 aromatic carbocycles. The molecule has 0 aliphatic carbocycles. The third-order valence-electron chi connectivity index (χ3n) is 7.57. The predicted molar refractivity (Wildman–Crippen MR) is 173 cm³/mol. The molecule has 1 heterocycles. The van der Waals surface area contributed by atoms with Gasteiger partial charge in [-0.05, 0) is 46.4 Å². The van der Waals surface area contributed by atoms with E-state index in [1.807, 2.05) is 108 Å². The van der Waals surface area contributed by atoms with Crippen molar-refractivity contribution in [3.63, 3.8) is 0 Å². The summed E-state index contributed by atoms with van der Waals surface area (Å²) in [6.45, 7) is 1.45. The van der Waals surface area contributed by atoms with E-state index >= 15 is 0 Å². The number of carbonyl (C=O) groups is 2. The van der Waals surface area contributed by atoms with Crippen molar-refractivity contribution in [2.45, 2.75) is 38.3 Å². The molecule has 220 valence electrons. The van der Waals surface area contributed by atoms with Crippen LogP contribution in [0.2, 0.25) is 0 Å². The van der Waals surface area contributed by atoms with Gasteiger partial charge in [-0.3, -0.25) is 14.6 Å². The summed E-state index contributed by atoms with van der Waals surface area (Å²) in [5, 5.41) is 6.34. The second kappa shape index (κ2) is 14.2. The lowest BCUT2D eigenvalue weighted by molar-refractivity contribution is -0.137. The topological polar surface area (TPSA) is 130 Å². The summed E-state index contributed by atoms with van der Waals surface area (Å²) in [7, 11) is 0. The van der Waals surface area contributed by atoms with E-state index in [2.05, 4.69) is 15.3 Å². The van der Waals surface area contributed by atoms with Crippen molar-refractivity contribution in [2.24, 2.45) is 16.5 Å². The Morgan fingerprint density at radius 1 is 0.837 bits per heavy atom. The minimum absolute atomic E-state index is 0.0603. The number of nitrogens with zero attached hydrogens (tertiary/aromatic N) is 2. The molecule has 5 rings (SSSR count). The lowest BCUT2D eigenvalue weighted by Crippen LogP contribution is -2.50. The fraction of sp³-hybridized carbons (Fsp3) is 0.229. The van der Waals surface area contributed by atoms with E-state index < -0.39 is 6.04 Å². The van der Waals surface area contributed by atoms with Crippen LogP contribution in [0.3, 0.4) is 0 Å². The van der Waals surface area contributed by atoms with Gasteiger partial charge in [-0.2, -0.15) is 0 Å². The van der Waals surface area contributed by atoms with Crippen molar-refractivity contribution in [3.8, 4) is 0 Å². The number of rotatable bonds is 13. The summed E-state index contributed by atoms with van der Waals surface area (Å²) in [5.74, 6) is -0.256. The first-order valence-electron chi connectivity index (χ1n) is 14.7. The molecular formula is C35H38N6O2. The standard InChI is InChI=1S/C35H38N6O2/c36-35(37)38-18-8-9-19-41(24-25-10-2-1-3-11-25)34(43)32(22-29-23-39-31-15-7-6-14-30(29)31)40-33(42)21-26-16-17-27-12-4-5-13-28(27)20-26/h1-7,10-17,20,23,32,39H,8-9,18-19,21-22,24H2,(H,40,42)(H4,36,37,38). The number of nitrogens with two attached hydrogens (primary N) is 2. The third-order valence-corrected chi connectivity index (χ3v) is 7.57.